The maximum atomic E-state index is 9.28. The minimum Gasteiger partial charge on any atom is -0.486 e. The molecule has 0 aliphatic rings. The normalized spacial score (nSPS) is 11.1. The van der Waals surface area contributed by atoms with Gasteiger partial charge in [0.1, 0.15) is 17.4 Å². The van der Waals surface area contributed by atoms with Gasteiger partial charge in [0.15, 0.2) is 0 Å². The van der Waals surface area contributed by atoms with Crippen molar-refractivity contribution >= 4 is 11.3 Å². The van der Waals surface area contributed by atoms with Crippen molar-refractivity contribution in [1.29, 1.82) is 0 Å². The first-order chi connectivity index (χ1) is 9.63. The lowest BCUT2D eigenvalue weighted by Crippen LogP contribution is -1.96. The van der Waals surface area contributed by atoms with Crippen LogP contribution in [0.2, 0.25) is 0 Å². The Hall–Kier alpha value is -1.39. The molecule has 0 fully saturated rings. The van der Waals surface area contributed by atoms with Crippen molar-refractivity contribution < 1.29 is 9.84 Å². The molecule has 2 aromatic rings. The molecule has 1 heterocycles. The topological polar surface area (TPSA) is 42.4 Å². The number of ether oxygens (including phenoxy) is 1. The first-order valence-corrected chi connectivity index (χ1v) is 7.76. The van der Waals surface area contributed by atoms with Gasteiger partial charge in [-0.3, -0.25) is 0 Å². The molecule has 0 saturated heterocycles. The van der Waals surface area contributed by atoms with Crippen LogP contribution in [0, 0.1) is 0 Å². The monoisotopic (exact) mass is 291 g/mol. The summed E-state index contributed by atoms with van der Waals surface area (Å²) in [5.74, 6) is 1.36. The van der Waals surface area contributed by atoms with E-state index in [9.17, 15) is 5.11 Å². The highest BCUT2D eigenvalue weighted by Crippen LogP contribution is 2.23. The third-order valence-corrected chi connectivity index (χ3v) is 4.24. The third-order valence-electron chi connectivity index (χ3n) is 3.19. The number of benzene rings is 1. The zero-order valence-corrected chi connectivity index (χ0v) is 13.0. The van der Waals surface area contributed by atoms with Gasteiger partial charge in [0.25, 0.3) is 0 Å². The molecule has 0 unspecified atom stereocenters. The van der Waals surface area contributed by atoms with Crippen molar-refractivity contribution in [1.82, 2.24) is 4.98 Å². The number of aliphatic hydroxyl groups excluding tert-OH is 1. The summed E-state index contributed by atoms with van der Waals surface area (Å²) in [6.07, 6.45) is 0.842. The van der Waals surface area contributed by atoms with Crippen LogP contribution < -0.4 is 4.74 Å². The fraction of sp³-hybridized carbons (Fsp3) is 0.438. The molecule has 1 aromatic heterocycles. The van der Waals surface area contributed by atoms with Gasteiger partial charge in [0, 0.05) is 0 Å². The lowest BCUT2D eigenvalue weighted by atomic mass is 10.0. The molecule has 0 bridgehead atoms. The van der Waals surface area contributed by atoms with Gasteiger partial charge in [-0.2, -0.15) is 0 Å². The van der Waals surface area contributed by atoms with Crippen LogP contribution in [0.1, 0.15) is 47.8 Å². The summed E-state index contributed by atoms with van der Waals surface area (Å²) in [5, 5.41) is 10.2. The number of aryl methyl sites for hydroxylation is 1. The Morgan fingerprint density at radius 1 is 1.35 bits per heavy atom. The molecule has 4 heteroatoms. The van der Waals surface area contributed by atoms with E-state index >= 15 is 0 Å². The number of aliphatic hydroxyl groups is 1. The van der Waals surface area contributed by atoms with E-state index in [2.05, 4.69) is 31.0 Å². The van der Waals surface area contributed by atoms with E-state index < -0.39 is 0 Å². The van der Waals surface area contributed by atoms with E-state index in [1.54, 1.807) is 0 Å². The van der Waals surface area contributed by atoms with E-state index in [1.165, 1.54) is 16.9 Å². The minimum absolute atomic E-state index is 0.0592. The van der Waals surface area contributed by atoms with Crippen LogP contribution in [0.3, 0.4) is 0 Å². The van der Waals surface area contributed by atoms with Crippen LogP contribution in [-0.2, 0) is 19.6 Å². The van der Waals surface area contributed by atoms with Gasteiger partial charge in [-0.25, -0.2) is 4.98 Å². The highest BCUT2D eigenvalue weighted by Gasteiger charge is 2.09. The van der Waals surface area contributed by atoms with Crippen molar-refractivity contribution in [2.24, 2.45) is 0 Å². The first kappa shape index (κ1) is 15.0. The summed E-state index contributed by atoms with van der Waals surface area (Å²) in [7, 11) is 0. The summed E-state index contributed by atoms with van der Waals surface area (Å²) >= 11 is 1.53. The number of thiazole rings is 1. The molecular weight excluding hydrogens is 270 g/mol. The lowest BCUT2D eigenvalue weighted by molar-refractivity contribution is 0.284. The molecule has 0 saturated carbocycles. The second kappa shape index (κ2) is 6.86. The molecule has 0 aliphatic carbocycles. The molecule has 0 atom stereocenters. The molecule has 20 heavy (non-hydrogen) atoms. The molecule has 0 spiro atoms. The number of nitrogens with zero attached hydrogens (tertiary/aromatic N) is 1. The predicted molar refractivity (Wildman–Crippen MR) is 82.3 cm³/mol. The summed E-state index contributed by atoms with van der Waals surface area (Å²) in [4.78, 5) is 5.45. The second-order valence-electron chi connectivity index (χ2n) is 5.01. The van der Waals surface area contributed by atoms with Crippen LogP contribution in [0.5, 0.6) is 5.75 Å². The summed E-state index contributed by atoms with van der Waals surface area (Å²) in [6.45, 7) is 6.90. The van der Waals surface area contributed by atoms with Crippen molar-refractivity contribution in [3.05, 3.63) is 45.4 Å². The molecule has 1 aromatic carbocycles. The quantitative estimate of drug-likeness (QED) is 0.877. The van der Waals surface area contributed by atoms with Crippen molar-refractivity contribution in [3.8, 4) is 5.75 Å². The van der Waals surface area contributed by atoms with Crippen LogP contribution in [0.4, 0.5) is 0 Å². The maximum absolute atomic E-state index is 9.28. The standard InChI is InChI=1S/C16H21NO2S/c1-4-14-15(9-18)20-16(17-14)10-19-13-7-5-6-12(8-13)11(2)3/h5-8,11,18H,4,9-10H2,1-3H3. The van der Waals surface area contributed by atoms with Gasteiger partial charge in [-0.05, 0) is 30.0 Å². The number of rotatable bonds is 6. The molecule has 0 amide bonds. The van der Waals surface area contributed by atoms with Crippen LogP contribution in [0.25, 0.3) is 0 Å². The Morgan fingerprint density at radius 2 is 2.15 bits per heavy atom. The largest absolute Gasteiger partial charge is 0.486 e. The van der Waals surface area contributed by atoms with E-state index in [4.69, 9.17) is 4.74 Å². The number of hydrogen-bond acceptors (Lipinski definition) is 4. The zero-order valence-electron chi connectivity index (χ0n) is 12.2. The average Bonchev–Trinajstić information content (AvgIpc) is 2.87. The first-order valence-electron chi connectivity index (χ1n) is 6.95. The Kier molecular flexibility index (Phi) is 5.15. The highest BCUT2D eigenvalue weighted by atomic mass is 32.1. The van der Waals surface area contributed by atoms with Gasteiger partial charge < -0.3 is 9.84 Å². The maximum Gasteiger partial charge on any atom is 0.140 e. The predicted octanol–water partition coefficient (Wildman–Crippen LogP) is 3.90. The van der Waals surface area contributed by atoms with E-state index in [1.807, 2.05) is 19.1 Å². The van der Waals surface area contributed by atoms with Crippen molar-refractivity contribution in [3.63, 3.8) is 0 Å². The lowest BCUT2D eigenvalue weighted by Gasteiger charge is -2.08. The van der Waals surface area contributed by atoms with Crippen molar-refractivity contribution in [2.75, 3.05) is 0 Å². The Labute approximate surface area is 124 Å². The smallest absolute Gasteiger partial charge is 0.140 e. The number of aromatic nitrogens is 1. The molecule has 3 nitrogen and oxygen atoms in total. The van der Waals surface area contributed by atoms with Gasteiger partial charge >= 0.3 is 0 Å². The SMILES string of the molecule is CCc1nc(COc2cccc(C(C)C)c2)sc1CO. The molecule has 2 rings (SSSR count). The van der Waals surface area contributed by atoms with E-state index in [0.29, 0.717) is 12.5 Å². The van der Waals surface area contributed by atoms with Crippen LogP contribution in [-0.4, -0.2) is 10.1 Å². The van der Waals surface area contributed by atoms with Gasteiger partial charge in [0.05, 0.1) is 17.2 Å². The highest BCUT2D eigenvalue weighted by molar-refractivity contribution is 7.11. The van der Waals surface area contributed by atoms with Gasteiger partial charge in [0.2, 0.25) is 0 Å². The Balaban J connectivity index is 2.05. The van der Waals surface area contributed by atoms with Crippen molar-refractivity contribution in [2.45, 2.75) is 46.3 Å². The average molecular weight is 291 g/mol. The molecule has 0 radical (unpaired) electrons. The molecule has 1 N–H and O–H groups in total. The summed E-state index contributed by atoms with van der Waals surface area (Å²) in [5.41, 5.74) is 2.25. The Morgan fingerprint density at radius 3 is 2.75 bits per heavy atom. The van der Waals surface area contributed by atoms with Gasteiger partial charge in [-0.15, -0.1) is 11.3 Å². The molecular formula is C16H21NO2S. The summed E-state index contributed by atoms with van der Waals surface area (Å²) < 4.78 is 5.81. The van der Waals surface area contributed by atoms with Gasteiger partial charge in [-0.1, -0.05) is 32.9 Å². The van der Waals surface area contributed by atoms with Crippen LogP contribution >= 0.6 is 11.3 Å². The third kappa shape index (κ3) is 3.58. The fourth-order valence-corrected chi connectivity index (χ4v) is 2.94. The summed E-state index contributed by atoms with van der Waals surface area (Å²) in [6, 6.07) is 8.17. The van der Waals surface area contributed by atoms with Crippen LogP contribution in [0.15, 0.2) is 24.3 Å². The minimum atomic E-state index is 0.0592. The number of hydrogen-bond donors (Lipinski definition) is 1. The Bertz CT molecular complexity index is 542. The molecule has 0 aliphatic heterocycles. The van der Waals surface area contributed by atoms with E-state index in [0.717, 1.165) is 27.7 Å². The van der Waals surface area contributed by atoms with E-state index in [-0.39, 0.29) is 6.61 Å². The second-order valence-corrected chi connectivity index (χ2v) is 6.17. The fourth-order valence-electron chi connectivity index (χ4n) is 2.01. The zero-order chi connectivity index (χ0) is 14.5. The molecule has 108 valence electrons.